The van der Waals surface area contributed by atoms with Gasteiger partial charge in [-0.25, -0.2) is 9.97 Å². The Kier molecular flexibility index (Phi) is 6.62. The number of para-hydroxylation sites is 2. The maximum atomic E-state index is 5.12. The molecule has 0 fully saturated rings. The zero-order chi connectivity index (χ0) is 34.1. The molecule has 0 bridgehead atoms. The van der Waals surface area contributed by atoms with Gasteiger partial charge in [0.2, 0.25) is 0 Å². The number of nitrogens with zero attached hydrogens (tertiary/aromatic N) is 4. The lowest BCUT2D eigenvalue weighted by atomic mass is 9.76. The van der Waals surface area contributed by atoms with Crippen LogP contribution in [0, 0.1) is 0 Å². The predicted octanol–water partition coefficient (Wildman–Crippen LogP) is 11.7. The van der Waals surface area contributed by atoms with Crippen LogP contribution in [-0.4, -0.2) is 19.1 Å². The number of hydrogen-bond acceptors (Lipinski definition) is 2. The largest absolute Gasteiger partial charge is 0.321 e. The van der Waals surface area contributed by atoms with Gasteiger partial charge in [-0.2, -0.15) is 0 Å². The normalized spacial score (nSPS) is 14.5. The van der Waals surface area contributed by atoms with E-state index in [1.165, 1.54) is 61.0 Å². The average Bonchev–Trinajstić information content (AvgIpc) is 3.79. The van der Waals surface area contributed by atoms with Crippen LogP contribution >= 0.6 is 0 Å². The standard InChI is InChI=1S/C47H36N4/c1-47(2)39-23-13-22-37-38-27-34(24-25-43(38)51(45(37)39)44-30-50(29-40(44)47)36-20-10-5-11-21-36)33-18-12-19-35(26-33)42-28-41(31-14-6-3-7-15-31)48-46(49-42)32-16-8-4-9-17-32/h3-6,8-14,16-30H,7,15H2,1-2H3. The first-order valence-electron chi connectivity index (χ1n) is 17.8. The molecule has 0 saturated carbocycles. The monoisotopic (exact) mass is 656 g/mol. The summed E-state index contributed by atoms with van der Waals surface area (Å²) < 4.78 is 4.77. The molecule has 2 aliphatic rings. The van der Waals surface area contributed by atoms with Gasteiger partial charge in [0.05, 0.1) is 28.1 Å². The van der Waals surface area contributed by atoms with Gasteiger partial charge in [0.1, 0.15) is 0 Å². The first-order valence-corrected chi connectivity index (χ1v) is 17.8. The van der Waals surface area contributed by atoms with Crippen molar-refractivity contribution in [1.82, 2.24) is 19.1 Å². The molecule has 10 rings (SSSR count). The highest BCUT2D eigenvalue weighted by atomic mass is 15.1. The number of fused-ring (bicyclic) bond motifs is 5. The second-order valence-corrected chi connectivity index (χ2v) is 14.3. The third kappa shape index (κ3) is 4.74. The summed E-state index contributed by atoms with van der Waals surface area (Å²) in [4.78, 5) is 10.2. The first-order chi connectivity index (χ1) is 25.0. The highest BCUT2D eigenvalue weighted by Gasteiger charge is 2.36. The van der Waals surface area contributed by atoms with Crippen molar-refractivity contribution in [3.63, 3.8) is 0 Å². The van der Waals surface area contributed by atoms with Crippen LogP contribution in [0.2, 0.25) is 0 Å². The smallest absolute Gasteiger partial charge is 0.160 e. The van der Waals surface area contributed by atoms with Gasteiger partial charge in [-0.15, -0.1) is 0 Å². The molecule has 8 aromatic rings. The minimum Gasteiger partial charge on any atom is -0.321 e. The van der Waals surface area contributed by atoms with Crippen LogP contribution in [0.4, 0.5) is 0 Å². The SMILES string of the molecule is CC1(C)c2cn(-c3ccccc3)cc2-n2c3ccc(-c4cccc(-c5cc(C6=CC=CCC6)nc(-c6ccccc6)n5)c4)cc3c3cccc1c32. The Hall–Kier alpha value is -6.26. The summed E-state index contributed by atoms with van der Waals surface area (Å²) in [5.74, 6) is 0.753. The maximum absolute atomic E-state index is 5.12. The summed E-state index contributed by atoms with van der Waals surface area (Å²) in [5, 5.41) is 2.55. The number of aromatic nitrogens is 4. The molecule has 5 aromatic carbocycles. The molecule has 244 valence electrons. The highest BCUT2D eigenvalue weighted by molar-refractivity contribution is 6.12. The van der Waals surface area contributed by atoms with Crippen molar-refractivity contribution in [2.45, 2.75) is 32.1 Å². The van der Waals surface area contributed by atoms with Gasteiger partial charge >= 0.3 is 0 Å². The van der Waals surface area contributed by atoms with Crippen LogP contribution in [-0.2, 0) is 5.41 Å². The van der Waals surface area contributed by atoms with E-state index in [1.54, 1.807) is 0 Å². The number of allylic oxidation sites excluding steroid dienone is 4. The van der Waals surface area contributed by atoms with Crippen LogP contribution in [0.3, 0.4) is 0 Å². The second kappa shape index (κ2) is 11.4. The van der Waals surface area contributed by atoms with E-state index in [2.05, 4.69) is 163 Å². The Bertz CT molecular complexity index is 2710. The molecule has 0 saturated heterocycles. The van der Waals surface area contributed by atoms with Crippen molar-refractivity contribution in [1.29, 1.82) is 0 Å². The summed E-state index contributed by atoms with van der Waals surface area (Å²) in [6.07, 6.45) is 13.2. The van der Waals surface area contributed by atoms with Gasteiger partial charge in [-0.1, -0.05) is 123 Å². The van der Waals surface area contributed by atoms with E-state index in [-0.39, 0.29) is 5.41 Å². The van der Waals surface area contributed by atoms with Crippen molar-refractivity contribution in [2.75, 3.05) is 0 Å². The molecule has 0 N–H and O–H groups in total. The zero-order valence-corrected chi connectivity index (χ0v) is 28.7. The van der Waals surface area contributed by atoms with Gasteiger partial charge in [-0.05, 0) is 71.5 Å². The molecule has 3 aromatic heterocycles. The Balaban J connectivity index is 1.12. The molecule has 51 heavy (non-hydrogen) atoms. The molecule has 1 aliphatic carbocycles. The zero-order valence-electron chi connectivity index (χ0n) is 28.7. The van der Waals surface area contributed by atoms with Crippen molar-refractivity contribution >= 4 is 27.4 Å². The van der Waals surface area contributed by atoms with Gasteiger partial charge in [0.15, 0.2) is 5.82 Å². The van der Waals surface area contributed by atoms with E-state index in [9.17, 15) is 0 Å². The Labute approximate surface area is 297 Å². The molecule has 0 radical (unpaired) electrons. The van der Waals surface area contributed by atoms with E-state index in [1.807, 2.05) is 18.2 Å². The van der Waals surface area contributed by atoms with E-state index >= 15 is 0 Å². The molecule has 4 heteroatoms. The minimum absolute atomic E-state index is 0.143. The summed E-state index contributed by atoms with van der Waals surface area (Å²) in [5.41, 5.74) is 15.1. The fourth-order valence-electron chi connectivity index (χ4n) is 8.15. The number of hydrogen-bond donors (Lipinski definition) is 0. The van der Waals surface area contributed by atoms with Gasteiger partial charge in [0, 0.05) is 51.0 Å². The lowest BCUT2D eigenvalue weighted by Crippen LogP contribution is -2.24. The van der Waals surface area contributed by atoms with Crippen LogP contribution in [0.15, 0.2) is 158 Å². The molecular weight excluding hydrogens is 621 g/mol. The van der Waals surface area contributed by atoms with E-state index < -0.39 is 0 Å². The molecule has 0 unspecified atom stereocenters. The van der Waals surface area contributed by atoms with Gasteiger partial charge in [0.25, 0.3) is 0 Å². The summed E-state index contributed by atoms with van der Waals surface area (Å²) in [7, 11) is 0. The van der Waals surface area contributed by atoms with E-state index in [0.29, 0.717) is 0 Å². The highest BCUT2D eigenvalue weighted by Crippen LogP contribution is 2.48. The van der Waals surface area contributed by atoms with Crippen LogP contribution < -0.4 is 0 Å². The number of rotatable bonds is 5. The summed E-state index contributed by atoms with van der Waals surface area (Å²) in [6.45, 7) is 4.72. The maximum Gasteiger partial charge on any atom is 0.160 e. The minimum atomic E-state index is -0.143. The van der Waals surface area contributed by atoms with Crippen LogP contribution in [0.5, 0.6) is 0 Å². The quantitative estimate of drug-likeness (QED) is 0.185. The number of benzene rings is 5. The topological polar surface area (TPSA) is 35.6 Å². The molecule has 0 amide bonds. The molecule has 0 atom stereocenters. The Morgan fingerprint density at radius 1 is 0.608 bits per heavy atom. The van der Waals surface area contributed by atoms with Crippen molar-refractivity contribution < 1.29 is 0 Å². The lowest BCUT2D eigenvalue weighted by Gasteiger charge is -2.32. The summed E-state index contributed by atoms with van der Waals surface area (Å²) in [6, 6.07) is 45.7. The van der Waals surface area contributed by atoms with E-state index in [0.717, 1.165) is 41.2 Å². The van der Waals surface area contributed by atoms with Gasteiger partial charge in [-0.3, -0.25) is 0 Å². The molecule has 4 heterocycles. The van der Waals surface area contributed by atoms with Crippen molar-refractivity contribution in [3.8, 4) is 45.1 Å². The van der Waals surface area contributed by atoms with E-state index in [4.69, 9.17) is 9.97 Å². The van der Waals surface area contributed by atoms with Crippen molar-refractivity contribution in [2.24, 2.45) is 0 Å². The lowest BCUT2D eigenvalue weighted by molar-refractivity contribution is 0.631. The third-order valence-corrected chi connectivity index (χ3v) is 10.8. The van der Waals surface area contributed by atoms with Crippen LogP contribution in [0.1, 0.15) is 43.5 Å². The third-order valence-electron chi connectivity index (χ3n) is 10.8. The average molecular weight is 657 g/mol. The molecule has 4 nitrogen and oxygen atoms in total. The molecular formula is C47H36N4. The second-order valence-electron chi connectivity index (χ2n) is 14.3. The molecule has 0 spiro atoms. The Morgan fingerprint density at radius 3 is 2.18 bits per heavy atom. The molecule has 1 aliphatic heterocycles. The fraction of sp³-hybridized carbons (Fsp3) is 0.106. The summed E-state index contributed by atoms with van der Waals surface area (Å²) >= 11 is 0. The predicted molar refractivity (Wildman–Crippen MR) is 210 cm³/mol. The van der Waals surface area contributed by atoms with Crippen LogP contribution in [0.25, 0.3) is 72.5 Å². The Morgan fingerprint density at radius 2 is 1.35 bits per heavy atom. The van der Waals surface area contributed by atoms with Crippen molar-refractivity contribution in [3.05, 3.63) is 175 Å². The fourth-order valence-corrected chi connectivity index (χ4v) is 8.15. The first kappa shape index (κ1) is 29.6. The van der Waals surface area contributed by atoms with Gasteiger partial charge < -0.3 is 9.13 Å².